The number of ether oxygens (including phenoxy) is 1. The molecule has 35 heavy (non-hydrogen) atoms. The molecule has 3 fully saturated rings. The van der Waals surface area contributed by atoms with E-state index in [1.165, 1.54) is 0 Å². The molecule has 1 aromatic carbocycles. The number of hydrogen-bond donors (Lipinski definition) is 1. The summed E-state index contributed by atoms with van der Waals surface area (Å²) in [7, 11) is 13.0. The summed E-state index contributed by atoms with van der Waals surface area (Å²) in [6.45, 7) is 6.49. The second-order valence-corrected chi connectivity index (χ2v) is 10.5. The molecule has 2 aromatic rings. The van der Waals surface area contributed by atoms with Crippen molar-refractivity contribution in [3.8, 4) is 11.3 Å². The lowest BCUT2D eigenvalue weighted by molar-refractivity contribution is -0.137. The van der Waals surface area contributed by atoms with Crippen LogP contribution in [0.25, 0.3) is 11.3 Å². The van der Waals surface area contributed by atoms with Crippen molar-refractivity contribution < 1.29 is 17.9 Å². The van der Waals surface area contributed by atoms with E-state index in [0.29, 0.717) is 30.6 Å². The Morgan fingerprint density at radius 1 is 1.06 bits per heavy atom. The van der Waals surface area contributed by atoms with E-state index in [9.17, 15) is 13.2 Å². The van der Waals surface area contributed by atoms with Gasteiger partial charge in [0.25, 0.3) is 0 Å². The molecule has 1 aromatic heterocycles. The minimum absolute atomic E-state index is 0.0930. The first kappa shape index (κ1) is 24.6. The highest BCUT2D eigenvalue weighted by molar-refractivity contribution is 6.40. The number of nitrogens with zero attached hydrogens (tertiary/aromatic N) is 3. The van der Waals surface area contributed by atoms with Gasteiger partial charge < -0.3 is 15.0 Å². The number of anilines is 1. The molecule has 1 saturated carbocycles. The second-order valence-electron chi connectivity index (χ2n) is 10.5. The lowest BCUT2D eigenvalue weighted by Gasteiger charge is -2.42. The van der Waals surface area contributed by atoms with E-state index in [1.54, 1.807) is 0 Å². The molecule has 1 N–H and O–H groups in total. The monoisotopic (exact) mass is 480 g/mol. The highest BCUT2D eigenvalue weighted by atomic mass is 19.4. The minimum Gasteiger partial charge on any atom is -0.381 e. The molecular formula is C25H29B2F3N4O. The quantitative estimate of drug-likeness (QED) is 0.658. The molecule has 1 aliphatic carbocycles. The molecule has 0 bridgehead atoms. The maximum absolute atomic E-state index is 14.0. The summed E-state index contributed by atoms with van der Waals surface area (Å²) < 4.78 is 47.5. The Bertz CT molecular complexity index is 1080. The van der Waals surface area contributed by atoms with Crippen LogP contribution in [-0.4, -0.2) is 68.5 Å². The largest absolute Gasteiger partial charge is 0.420 e. The van der Waals surface area contributed by atoms with E-state index in [4.69, 9.17) is 20.4 Å². The number of alkyl halides is 3. The second kappa shape index (κ2) is 9.11. The molecule has 3 heterocycles. The van der Waals surface area contributed by atoms with Gasteiger partial charge in [-0.3, -0.25) is 0 Å². The molecule has 2 aliphatic heterocycles. The lowest BCUT2D eigenvalue weighted by atomic mass is 9.53. The van der Waals surface area contributed by atoms with Crippen LogP contribution in [0.2, 0.25) is 0 Å². The molecule has 4 atom stereocenters. The lowest BCUT2D eigenvalue weighted by Crippen LogP contribution is -2.55. The van der Waals surface area contributed by atoms with E-state index >= 15 is 0 Å². The van der Waals surface area contributed by atoms with Crippen molar-refractivity contribution in [2.75, 3.05) is 31.6 Å². The smallest absolute Gasteiger partial charge is 0.381 e. The summed E-state index contributed by atoms with van der Waals surface area (Å²) in [5.74, 6) is 0.550. The molecule has 4 radical (unpaired) electrons. The van der Waals surface area contributed by atoms with Crippen molar-refractivity contribution in [3.05, 3.63) is 41.0 Å². The van der Waals surface area contributed by atoms with Gasteiger partial charge in [0.05, 0.1) is 21.4 Å². The Labute approximate surface area is 207 Å². The van der Waals surface area contributed by atoms with Gasteiger partial charge in [0.1, 0.15) is 5.56 Å². The number of likely N-dealkylation sites (tertiary alicyclic amines) is 1. The highest BCUT2D eigenvalue weighted by Crippen LogP contribution is 2.44. The van der Waals surface area contributed by atoms with E-state index < -0.39 is 17.1 Å². The maximum atomic E-state index is 14.0. The zero-order valence-electron chi connectivity index (χ0n) is 20.1. The fourth-order valence-corrected chi connectivity index (χ4v) is 5.94. The van der Waals surface area contributed by atoms with Crippen LogP contribution in [0.4, 0.5) is 19.0 Å². The van der Waals surface area contributed by atoms with Gasteiger partial charge in [0.15, 0.2) is 5.82 Å². The average molecular weight is 480 g/mol. The van der Waals surface area contributed by atoms with Crippen LogP contribution in [0, 0.1) is 31.6 Å². The number of rotatable bonds is 5. The summed E-state index contributed by atoms with van der Waals surface area (Å²) >= 11 is 0. The number of aromatic nitrogens is 2. The zero-order chi connectivity index (χ0) is 25.0. The summed E-state index contributed by atoms with van der Waals surface area (Å²) in [5.41, 5.74) is 1.90. The minimum atomic E-state index is -4.54. The predicted molar refractivity (Wildman–Crippen MR) is 130 cm³/mol. The van der Waals surface area contributed by atoms with E-state index in [1.807, 2.05) is 32.0 Å². The molecule has 2 unspecified atom stereocenters. The van der Waals surface area contributed by atoms with Crippen LogP contribution in [0.3, 0.4) is 0 Å². The number of fused-ring (bicyclic) bond motifs is 1. The number of nitrogens with one attached hydrogen (secondary N) is 1. The molecule has 2 saturated heterocycles. The van der Waals surface area contributed by atoms with Crippen LogP contribution < -0.4 is 5.32 Å². The van der Waals surface area contributed by atoms with Crippen LogP contribution in [-0.2, 0) is 10.9 Å². The van der Waals surface area contributed by atoms with Gasteiger partial charge in [-0.15, -0.1) is 10.2 Å². The topological polar surface area (TPSA) is 50.3 Å². The summed E-state index contributed by atoms with van der Waals surface area (Å²) in [4.78, 5) is 2.14. The maximum Gasteiger partial charge on any atom is 0.420 e. The summed E-state index contributed by atoms with van der Waals surface area (Å²) in [6.07, 6.45) is -2.20. The normalized spacial score (nSPS) is 27.3. The van der Waals surface area contributed by atoms with Gasteiger partial charge in [-0.05, 0) is 73.9 Å². The Morgan fingerprint density at radius 3 is 2.40 bits per heavy atom. The zero-order valence-corrected chi connectivity index (χ0v) is 20.1. The van der Waals surface area contributed by atoms with Crippen molar-refractivity contribution >= 4 is 21.5 Å². The van der Waals surface area contributed by atoms with Crippen molar-refractivity contribution in [2.24, 2.45) is 17.8 Å². The number of benzene rings is 1. The van der Waals surface area contributed by atoms with Gasteiger partial charge in [-0.2, -0.15) is 13.2 Å². The Hall–Kier alpha value is -2.06. The van der Waals surface area contributed by atoms with Gasteiger partial charge in [-0.1, -0.05) is 17.7 Å². The molecule has 10 heteroatoms. The molecule has 182 valence electrons. The Morgan fingerprint density at radius 2 is 1.77 bits per heavy atom. The predicted octanol–water partition coefficient (Wildman–Crippen LogP) is 3.93. The molecule has 3 aliphatic rings. The summed E-state index contributed by atoms with van der Waals surface area (Å²) in [6, 6.07) is 6.64. The highest BCUT2D eigenvalue weighted by Gasteiger charge is 2.47. The SMILES string of the molecule is [B]C([B])(C1CCOC1)N1C[C@H]2CC(Nc3nnc(-c4cc(C)ccc4C)cc3C(F)(F)F)C[C@H]2C1. The standard InChI is InChI=1S/C25H29B2F3N4O/c1-14-3-4-15(2)20(7-14)22-10-21(25(28,29)30)23(33-32-22)31-19-8-16-11-34(12-17(16)9-19)24(26,27)18-5-6-35-13-18/h3-4,7,10,16-19H,5-6,8-9,11-13H2,1-2H3,(H,31,33)/t16-,17+,18?,19?. The van der Waals surface area contributed by atoms with Gasteiger partial charge in [-0.25, -0.2) is 0 Å². The number of aryl methyl sites for hydroxylation is 2. The van der Waals surface area contributed by atoms with Crippen molar-refractivity contribution in [1.29, 1.82) is 0 Å². The van der Waals surface area contributed by atoms with Crippen LogP contribution in [0.5, 0.6) is 0 Å². The first-order valence-corrected chi connectivity index (χ1v) is 12.2. The molecular weight excluding hydrogens is 451 g/mol. The first-order valence-electron chi connectivity index (χ1n) is 12.2. The molecule has 5 rings (SSSR count). The third-order valence-corrected chi connectivity index (χ3v) is 7.99. The number of halogens is 3. The van der Waals surface area contributed by atoms with Gasteiger partial charge >= 0.3 is 6.18 Å². The first-order chi connectivity index (χ1) is 16.5. The fourth-order valence-electron chi connectivity index (χ4n) is 5.94. The molecule has 0 spiro atoms. The fraction of sp³-hybridized carbons (Fsp3) is 0.600. The molecule has 0 amide bonds. The van der Waals surface area contributed by atoms with Crippen LogP contribution >= 0.6 is 0 Å². The van der Waals surface area contributed by atoms with Crippen molar-refractivity contribution in [2.45, 2.75) is 50.7 Å². The third kappa shape index (κ3) is 4.84. The Balaban J connectivity index is 1.30. The molecule has 5 nitrogen and oxygen atoms in total. The number of hydrogen-bond acceptors (Lipinski definition) is 5. The Kier molecular flexibility index (Phi) is 6.41. The van der Waals surface area contributed by atoms with E-state index in [-0.39, 0.29) is 23.5 Å². The van der Waals surface area contributed by atoms with Crippen LogP contribution in [0.1, 0.15) is 36.0 Å². The summed E-state index contributed by atoms with van der Waals surface area (Å²) in [5, 5.41) is 10.3. The van der Waals surface area contributed by atoms with Crippen molar-refractivity contribution in [1.82, 2.24) is 15.1 Å². The van der Waals surface area contributed by atoms with Crippen molar-refractivity contribution in [3.63, 3.8) is 0 Å². The van der Waals surface area contributed by atoms with E-state index in [0.717, 1.165) is 49.5 Å². The van der Waals surface area contributed by atoms with E-state index in [2.05, 4.69) is 20.4 Å². The third-order valence-electron chi connectivity index (χ3n) is 7.99. The van der Waals surface area contributed by atoms with Crippen LogP contribution in [0.15, 0.2) is 24.3 Å². The van der Waals surface area contributed by atoms with Gasteiger partial charge in [0.2, 0.25) is 0 Å². The average Bonchev–Trinajstić information content (AvgIpc) is 3.52. The van der Waals surface area contributed by atoms with Gasteiger partial charge in [0, 0.05) is 37.9 Å².